The van der Waals surface area contributed by atoms with Crippen LogP contribution in [0, 0.1) is 0 Å². The lowest BCUT2D eigenvalue weighted by atomic mass is 10.1. The van der Waals surface area contributed by atoms with E-state index in [9.17, 15) is 9.59 Å². The normalized spacial score (nSPS) is 13.1. The highest BCUT2D eigenvalue weighted by Crippen LogP contribution is 2.36. The smallest absolute Gasteiger partial charge is 0.267 e. The van der Waals surface area contributed by atoms with Gasteiger partial charge in [0.1, 0.15) is 10.6 Å². The van der Waals surface area contributed by atoms with Gasteiger partial charge in [-0.2, -0.15) is 5.10 Å². The molecule has 1 amide bonds. The van der Waals surface area contributed by atoms with E-state index in [1.807, 2.05) is 31.2 Å². The van der Waals surface area contributed by atoms with Gasteiger partial charge in [0.2, 0.25) is 0 Å². The molecular formula is C26H23ClN4O3S2. The quantitative estimate of drug-likeness (QED) is 0.151. The molecular weight excluding hydrogens is 516 g/mol. The number of hydrogen-bond acceptors (Lipinski definition) is 7. The van der Waals surface area contributed by atoms with E-state index >= 15 is 0 Å². The van der Waals surface area contributed by atoms with Crippen LogP contribution in [0.1, 0.15) is 29.3 Å². The van der Waals surface area contributed by atoms with Gasteiger partial charge < -0.3 is 4.74 Å². The molecule has 0 radical (unpaired) electrons. The lowest BCUT2D eigenvalue weighted by Gasteiger charge is -2.12. The molecule has 2 aromatic heterocycles. The Balaban J connectivity index is 1.40. The SMILES string of the molecule is COc1ccc(C(C)=NNC(=O)CSc2nc3sc4c(c3c(=O)n2-c2ccc(Cl)cc2)CCC4)cc1. The fourth-order valence-electron chi connectivity index (χ4n) is 4.14. The third kappa shape index (κ3) is 4.91. The number of carbonyl (C=O) groups excluding carboxylic acids is 1. The molecule has 0 fully saturated rings. The molecule has 4 aromatic rings. The Morgan fingerprint density at radius 3 is 2.67 bits per heavy atom. The van der Waals surface area contributed by atoms with Gasteiger partial charge in [0.05, 0.1) is 29.6 Å². The van der Waals surface area contributed by atoms with Gasteiger partial charge in [-0.15, -0.1) is 11.3 Å². The van der Waals surface area contributed by atoms with Crippen LogP contribution in [-0.4, -0.2) is 34.0 Å². The first kappa shape index (κ1) is 24.5. The highest BCUT2D eigenvalue weighted by Gasteiger charge is 2.24. The maximum Gasteiger partial charge on any atom is 0.267 e. The molecule has 2 aromatic carbocycles. The number of hydrazone groups is 1. The summed E-state index contributed by atoms with van der Waals surface area (Å²) in [5, 5.41) is 5.94. The molecule has 7 nitrogen and oxygen atoms in total. The van der Waals surface area contributed by atoms with Crippen LogP contribution in [0.4, 0.5) is 0 Å². The number of halogens is 1. The number of methoxy groups -OCH3 is 1. The predicted molar refractivity (Wildman–Crippen MR) is 146 cm³/mol. The monoisotopic (exact) mass is 538 g/mol. The van der Waals surface area contributed by atoms with E-state index in [0.717, 1.165) is 41.0 Å². The zero-order valence-electron chi connectivity index (χ0n) is 19.7. The molecule has 36 heavy (non-hydrogen) atoms. The van der Waals surface area contributed by atoms with Gasteiger partial charge in [0, 0.05) is 9.90 Å². The van der Waals surface area contributed by atoms with Crippen LogP contribution in [0.5, 0.6) is 5.75 Å². The molecule has 0 bridgehead atoms. The molecule has 10 heteroatoms. The molecule has 1 aliphatic rings. The van der Waals surface area contributed by atoms with Crippen LogP contribution < -0.4 is 15.7 Å². The minimum Gasteiger partial charge on any atom is -0.497 e. The van der Waals surface area contributed by atoms with Crippen LogP contribution in [0.2, 0.25) is 5.02 Å². The first-order chi connectivity index (χ1) is 17.4. The molecule has 1 N–H and O–H groups in total. The van der Waals surface area contributed by atoms with E-state index in [1.54, 1.807) is 47.3 Å². The number of aryl methyl sites for hydroxylation is 2. The Kier molecular flexibility index (Phi) is 7.13. The summed E-state index contributed by atoms with van der Waals surface area (Å²) in [5.74, 6) is 0.508. The Labute approximate surface area is 221 Å². The summed E-state index contributed by atoms with van der Waals surface area (Å²) in [6, 6.07) is 14.5. The average Bonchev–Trinajstić information content (AvgIpc) is 3.48. The molecule has 184 valence electrons. The van der Waals surface area contributed by atoms with Crippen molar-refractivity contribution >= 4 is 56.5 Å². The van der Waals surface area contributed by atoms with Crippen molar-refractivity contribution in [1.82, 2.24) is 15.0 Å². The third-order valence-corrected chi connectivity index (χ3v) is 8.36. The summed E-state index contributed by atoms with van der Waals surface area (Å²) in [6.07, 6.45) is 2.94. The van der Waals surface area contributed by atoms with E-state index in [1.165, 1.54) is 16.6 Å². The number of hydrogen-bond donors (Lipinski definition) is 1. The first-order valence-corrected chi connectivity index (χ1v) is 13.6. The number of aromatic nitrogens is 2. The van der Waals surface area contributed by atoms with Gasteiger partial charge in [-0.25, -0.2) is 10.4 Å². The van der Waals surface area contributed by atoms with Crippen LogP contribution in [0.25, 0.3) is 15.9 Å². The fourth-order valence-corrected chi connectivity index (χ4v) is 6.38. The van der Waals surface area contributed by atoms with Gasteiger partial charge >= 0.3 is 0 Å². The van der Waals surface area contributed by atoms with Gasteiger partial charge in [0.25, 0.3) is 11.5 Å². The van der Waals surface area contributed by atoms with Crippen molar-refractivity contribution < 1.29 is 9.53 Å². The first-order valence-electron chi connectivity index (χ1n) is 11.4. The number of thioether (sulfide) groups is 1. The number of nitrogens with one attached hydrogen (secondary N) is 1. The summed E-state index contributed by atoms with van der Waals surface area (Å²) in [5.41, 5.74) is 5.80. The number of carbonyl (C=O) groups is 1. The van der Waals surface area contributed by atoms with Crippen molar-refractivity contribution in [2.75, 3.05) is 12.9 Å². The predicted octanol–water partition coefficient (Wildman–Crippen LogP) is 5.23. The summed E-state index contributed by atoms with van der Waals surface area (Å²) < 4.78 is 6.75. The van der Waals surface area contributed by atoms with Crippen molar-refractivity contribution in [3.05, 3.63) is 79.9 Å². The highest BCUT2D eigenvalue weighted by atomic mass is 35.5. The molecule has 1 aliphatic carbocycles. The second-order valence-corrected chi connectivity index (χ2v) is 10.8. The van der Waals surface area contributed by atoms with Crippen molar-refractivity contribution in [3.8, 4) is 11.4 Å². The molecule has 0 aliphatic heterocycles. The summed E-state index contributed by atoms with van der Waals surface area (Å²) >= 11 is 8.86. The highest BCUT2D eigenvalue weighted by molar-refractivity contribution is 7.99. The Morgan fingerprint density at radius 2 is 1.94 bits per heavy atom. The number of rotatable bonds is 7. The maximum atomic E-state index is 13.7. The molecule has 0 atom stereocenters. The lowest BCUT2D eigenvalue weighted by Crippen LogP contribution is -2.24. The van der Waals surface area contributed by atoms with Gasteiger partial charge in [0.15, 0.2) is 5.16 Å². The molecule has 0 saturated heterocycles. The number of benzene rings is 2. The van der Waals surface area contributed by atoms with Gasteiger partial charge in [-0.05, 0) is 85.8 Å². The molecule has 0 spiro atoms. The van der Waals surface area contributed by atoms with Crippen molar-refractivity contribution in [2.24, 2.45) is 5.10 Å². The van der Waals surface area contributed by atoms with Crippen LogP contribution in [0.3, 0.4) is 0 Å². The van der Waals surface area contributed by atoms with E-state index in [0.29, 0.717) is 27.0 Å². The molecule has 5 rings (SSSR count). The van der Waals surface area contributed by atoms with E-state index < -0.39 is 0 Å². The molecule has 0 saturated carbocycles. The Morgan fingerprint density at radius 1 is 1.19 bits per heavy atom. The Bertz CT molecular complexity index is 1530. The fraction of sp³-hybridized carbons (Fsp3) is 0.231. The molecule has 2 heterocycles. The zero-order chi connectivity index (χ0) is 25.2. The van der Waals surface area contributed by atoms with E-state index in [2.05, 4.69) is 10.5 Å². The van der Waals surface area contributed by atoms with Gasteiger partial charge in [-0.1, -0.05) is 23.4 Å². The zero-order valence-corrected chi connectivity index (χ0v) is 22.1. The van der Waals surface area contributed by atoms with Gasteiger partial charge in [-0.3, -0.25) is 14.2 Å². The van der Waals surface area contributed by atoms with Crippen molar-refractivity contribution in [2.45, 2.75) is 31.3 Å². The number of fused-ring (bicyclic) bond motifs is 3. The summed E-state index contributed by atoms with van der Waals surface area (Å²) in [7, 11) is 1.61. The third-order valence-electron chi connectivity index (χ3n) is 5.98. The van der Waals surface area contributed by atoms with Crippen molar-refractivity contribution in [3.63, 3.8) is 0 Å². The summed E-state index contributed by atoms with van der Waals surface area (Å²) in [6.45, 7) is 1.82. The largest absolute Gasteiger partial charge is 0.497 e. The summed E-state index contributed by atoms with van der Waals surface area (Å²) in [4.78, 5) is 33.1. The molecule has 0 unspecified atom stereocenters. The number of thiophene rings is 1. The standard InChI is InChI=1S/C26H23ClN4O3S2/c1-15(16-6-12-19(34-2)13-7-16)29-30-22(32)14-35-26-28-24-23(20-4-3-5-21(20)36-24)25(33)31(26)18-10-8-17(27)9-11-18/h6-13H,3-5,14H2,1-2H3,(H,30,32). The average molecular weight is 539 g/mol. The second-order valence-electron chi connectivity index (χ2n) is 8.30. The van der Waals surface area contributed by atoms with Crippen molar-refractivity contribution in [1.29, 1.82) is 0 Å². The van der Waals surface area contributed by atoms with E-state index in [-0.39, 0.29) is 17.2 Å². The number of nitrogens with zero attached hydrogens (tertiary/aromatic N) is 3. The topological polar surface area (TPSA) is 85.6 Å². The van der Waals surface area contributed by atoms with Crippen LogP contribution in [-0.2, 0) is 17.6 Å². The minimum absolute atomic E-state index is 0.0516. The van der Waals surface area contributed by atoms with E-state index in [4.69, 9.17) is 21.3 Å². The Hall–Kier alpha value is -3.14. The number of ether oxygens (including phenoxy) is 1. The maximum absolute atomic E-state index is 13.7. The van der Waals surface area contributed by atoms with Crippen LogP contribution >= 0.6 is 34.7 Å². The van der Waals surface area contributed by atoms with Crippen LogP contribution in [0.15, 0.2) is 63.6 Å². The second kappa shape index (κ2) is 10.5. The number of amides is 1. The minimum atomic E-state index is -0.293. The lowest BCUT2D eigenvalue weighted by molar-refractivity contribution is -0.118.